The van der Waals surface area contributed by atoms with Crippen molar-refractivity contribution >= 4 is 11.6 Å². The van der Waals surface area contributed by atoms with Crippen molar-refractivity contribution in [2.45, 2.75) is 50.7 Å². The van der Waals surface area contributed by atoms with Gasteiger partial charge in [-0.05, 0) is 44.7 Å². The van der Waals surface area contributed by atoms with Gasteiger partial charge in [0.1, 0.15) is 5.82 Å². The van der Waals surface area contributed by atoms with E-state index in [-0.39, 0.29) is 11.6 Å². The van der Waals surface area contributed by atoms with Gasteiger partial charge in [-0.25, -0.2) is 0 Å². The van der Waals surface area contributed by atoms with Gasteiger partial charge in [0.15, 0.2) is 0 Å². The minimum Gasteiger partial charge on any atom is -0.376 e. The van der Waals surface area contributed by atoms with E-state index in [1.165, 1.54) is 12.8 Å². The van der Waals surface area contributed by atoms with Crippen molar-refractivity contribution in [3.8, 4) is 0 Å². The quantitative estimate of drug-likeness (QED) is 0.798. The highest BCUT2D eigenvalue weighted by Crippen LogP contribution is 2.44. The molecule has 88 valence electrons. The van der Waals surface area contributed by atoms with Gasteiger partial charge in [-0.1, -0.05) is 0 Å². The monoisotopic (exact) mass is 241 g/mol. The fourth-order valence-electron chi connectivity index (χ4n) is 2.47. The van der Waals surface area contributed by atoms with Crippen LogP contribution in [0.5, 0.6) is 0 Å². The number of rotatable bonds is 2. The Morgan fingerprint density at radius 1 is 1.44 bits per heavy atom. The lowest BCUT2D eigenvalue weighted by atomic mass is 9.94. The second-order valence-corrected chi connectivity index (χ2v) is 5.40. The molecule has 2 heterocycles. The minimum atomic E-state index is -0.0848. The normalized spacial score (nSPS) is 34.6. The third-order valence-electron chi connectivity index (χ3n) is 3.95. The Balaban J connectivity index is 2.07. The zero-order valence-corrected chi connectivity index (χ0v) is 10.4. The van der Waals surface area contributed by atoms with Gasteiger partial charge < -0.3 is 4.74 Å². The molecule has 5 heteroatoms. The van der Waals surface area contributed by atoms with E-state index in [1.807, 2.05) is 0 Å². The third kappa shape index (κ3) is 1.39. The molecule has 1 aliphatic carbocycles. The number of nitrogens with zero attached hydrogens (tertiary/aromatic N) is 3. The molecule has 16 heavy (non-hydrogen) atoms. The summed E-state index contributed by atoms with van der Waals surface area (Å²) in [5, 5.41) is 8.75. The summed E-state index contributed by atoms with van der Waals surface area (Å²) in [6.07, 6.45) is 3.56. The van der Waals surface area contributed by atoms with E-state index in [0.29, 0.717) is 11.2 Å². The van der Waals surface area contributed by atoms with Gasteiger partial charge in [0.2, 0.25) is 5.28 Å². The van der Waals surface area contributed by atoms with Crippen molar-refractivity contribution in [2.24, 2.45) is 0 Å². The van der Waals surface area contributed by atoms with E-state index in [4.69, 9.17) is 16.3 Å². The molecule has 0 N–H and O–H groups in total. The fourth-order valence-corrected chi connectivity index (χ4v) is 2.79. The molecule has 1 aliphatic heterocycles. The Kier molecular flexibility index (Phi) is 2.27. The zero-order valence-electron chi connectivity index (χ0n) is 9.61. The van der Waals surface area contributed by atoms with Gasteiger partial charge in [0.25, 0.3) is 0 Å². The molecule has 2 unspecified atom stereocenters. The topological polar surface area (TPSA) is 39.9 Å². The molecule has 1 saturated carbocycles. The SMILES string of the molecule is CC1OCCC1(C)n1c(Cl)nnc1C1CC1. The maximum Gasteiger partial charge on any atom is 0.225 e. The Morgan fingerprint density at radius 3 is 2.75 bits per heavy atom. The largest absolute Gasteiger partial charge is 0.376 e. The highest BCUT2D eigenvalue weighted by Gasteiger charge is 2.44. The first-order valence-electron chi connectivity index (χ1n) is 5.86. The molecule has 2 fully saturated rings. The van der Waals surface area contributed by atoms with Gasteiger partial charge in [-0.2, -0.15) is 0 Å². The molecule has 0 aromatic carbocycles. The summed E-state index contributed by atoms with van der Waals surface area (Å²) < 4.78 is 7.77. The lowest BCUT2D eigenvalue weighted by Crippen LogP contribution is -2.38. The molecular formula is C11H16ClN3O. The summed E-state index contributed by atoms with van der Waals surface area (Å²) in [4.78, 5) is 0. The lowest BCUT2D eigenvalue weighted by molar-refractivity contribution is 0.0747. The van der Waals surface area contributed by atoms with Crippen LogP contribution in [0.1, 0.15) is 44.9 Å². The van der Waals surface area contributed by atoms with Crippen LogP contribution in [-0.2, 0) is 10.3 Å². The first-order chi connectivity index (χ1) is 7.63. The number of aromatic nitrogens is 3. The second-order valence-electron chi connectivity index (χ2n) is 5.06. The predicted octanol–water partition coefficient (Wildman–Crippen LogP) is 2.33. The Morgan fingerprint density at radius 2 is 2.19 bits per heavy atom. The van der Waals surface area contributed by atoms with Crippen molar-refractivity contribution in [3.05, 3.63) is 11.1 Å². The van der Waals surface area contributed by atoms with Crippen molar-refractivity contribution in [3.63, 3.8) is 0 Å². The maximum atomic E-state index is 6.19. The first kappa shape index (κ1) is 10.5. The van der Waals surface area contributed by atoms with Gasteiger partial charge >= 0.3 is 0 Å². The molecule has 1 saturated heterocycles. The molecule has 0 spiro atoms. The Labute approximate surface area is 99.9 Å². The van der Waals surface area contributed by atoms with E-state index in [1.54, 1.807) is 0 Å². The smallest absolute Gasteiger partial charge is 0.225 e. The van der Waals surface area contributed by atoms with E-state index in [9.17, 15) is 0 Å². The van der Waals surface area contributed by atoms with E-state index >= 15 is 0 Å². The van der Waals surface area contributed by atoms with Crippen molar-refractivity contribution in [2.75, 3.05) is 6.61 Å². The van der Waals surface area contributed by atoms with Crippen LogP contribution in [0.4, 0.5) is 0 Å². The number of hydrogen-bond donors (Lipinski definition) is 0. The van der Waals surface area contributed by atoms with Crippen molar-refractivity contribution < 1.29 is 4.74 Å². The summed E-state index contributed by atoms with van der Waals surface area (Å²) in [7, 11) is 0. The third-order valence-corrected chi connectivity index (χ3v) is 4.20. The molecule has 1 aromatic heterocycles. The van der Waals surface area contributed by atoms with Gasteiger partial charge in [0, 0.05) is 12.5 Å². The van der Waals surface area contributed by atoms with Crippen molar-refractivity contribution in [1.29, 1.82) is 0 Å². The highest BCUT2D eigenvalue weighted by atomic mass is 35.5. The average molecular weight is 242 g/mol. The molecule has 2 atom stereocenters. The molecule has 4 nitrogen and oxygen atoms in total. The minimum absolute atomic E-state index is 0.0848. The van der Waals surface area contributed by atoms with Crippen LogP contribution in [0.3, 0.4) is 0 Å². The van der Waals surface area contributed by atoms with Gasteiger partial charge in [-0.3, -0.25) is 4.57 Å². The predicted molar refractivity (Wildman–Crippen MR) is 60.7 cm³/mol. The molecular weight excluding hydrogens is 226 g/mol. The summed E-state index contributed by atoms with van der Waals surface area (Å²) in [5.74, 6) is 1.61. The van der Waals surface area contributed by atoms with Gasteiger partial charge in [-0.15, -0.1) is 10.2 Å². The second kappa shape index (κ2) is 3.44. The highest BCUT2D eigenvalue weighted by molar-refractivity contribution is 6.28. The summed E-state index contributed by atoms with van der Waals surface area (Å²) >= 11 is 6.19. The summed E-state index contributed by atoms with van der Waals surface area (Å²) in [6.45, 7) is 5.07. The van der Waals surface area contributed by atoms with Crippen LogP contribution in [0, 0.1) is 0 Å². The maximum absolute atomic E-state index is 6.19. The molecule has 0 amide bonds. The first-order valence-corrected chi connectivity index (χ1v) is 6.23. The molecule has 0 radical (unpaired) electrons. The lowest BCUT2D eigenvalue weighted by Gasteiger charge is -2.31. The number of ether oxygens (including phenoxy) is 1. The molecule has 0 bridgehead atoms. The average Bonchev–Trinajstić information content (AvgIpc) is 2.94. The standard InChI is InChI=1S/C11H16ClN3O/c1-7-11(2,5-6-16-7)15-9(8-3-4-8)13-14-10(15)12/h7-8H,3-6H2,1-2H3. The summed E-state index contributed by atoms with van der Waals surface area (Å²) in [6, 6.07) is 0. The number of hydrogen-bond acceptors (Lipinski definition) is 3. The fraction of sp³-hybridized carbons (Fsp3) is 0.818. The zero-order chi connectivity index (χ0) is 11.3. The van der Waals surface area contributed by atoms with E-state index in [2.05, 4.69) is 28.6 Å². The summed E-state index contributed by atoms with van der Waals surface area (Å²) in [5.41, 5.74) is -0.0848. The van der Waals surface area contributed by atoms with Crippen LogP contribution in [0.2, 0.25) is 5.28 Å². The van der Waals surface area contributed by atoms with Gasteiger partial charge in [0.05, 0.1) is 11.6 Å². The van der Waals surface area contributed by atoms with Crippen LogP contribution < -0.4 is 0 Å². The van der Waals surface area contributed by atoms with Crippen LogP contribution in [0.25, 0.3) is 0 Å². The number of halogens is 1. The molecule has 3 rings (SSSR count). The van der Waals surface area contributed by atoms with E-state index < -0.39 is 0 Å². The Bertz CT molecular complexity index is 415. The van der Waals surface area contributed by atoms with Crippen molar-refractivity contribution in [1.82, 2.24) is 14.8 Å². The van der Waals surface area contributed by atoms with E-state index in [0.717, 1.165) is 18.9 Å². The molecule has 2 aliphatic rings. The van der Waals surface area contributed by atoms with Crippen LogP contribution in [0.15, 0.2) is 0 Å². The molecule has 1 aromatic rings. The Hall–Kier alpha value is -0.610. The van der Waals surface area contributed by atoms with Crippen LogP contribution in [-0.4, -0.2) is 27.5 Å². The van der Waals surface area contributed by atoms with Crippen LogP contribution >= 0.6 is 11.6 Å².